The van der Waals surface area contributed by atoms with E-state index in [-0.39, 0.29) is 18.0 Å². The Labute approximate surface area is 171 Å². The molecular weight excluding hydrogens is 368 g/mol. The summed E-state index contributed by atoms with van der Waals surface area (Å²) >= 11 is 0. The van der Waals surface area contributed by atoms with Crippen molar-refractivity contribution in [3.8, 4) is 6.07 Å². The van der Waals surface area contributed by atoms with Crippen LogP contribution in [0.5, 0.6) is 0 Å². The van der Waals surface area contributed by atoms with Crippen molar-refractivity contribution in [3.05, 3.63) is 29.8 Å². The van der Waals surface area contributed by atoms with Crippen LogP contribution in [0, 0.1) is 17.2 Å². The lowest BCUT2D eigenvalue weighted by Gasteiger charge is -2.33. The highest BCUT2D eigenvalue weighted by Crippen LogP contribution is 2.35. The van der Waals surface area contributed by atoms with E-state index in [2.05, 4.69) is 11.4 Å². The molecule has 29 heavy (non-hydrogen) atoms. The number of carbonyl (C=O) groups is 2. The van der Waals surface area contributed by atoms with E-state index in [1.165, 1.54) is 0 Å². The van der Waals surface area contributed by atoms with E-state index in [0.717, 1.165) is 50.0 Å². The zero-order valence-corrected chi connectivity index (χ0v) is 16.6. The highest BCUT2D eigenvalue weighted by molar-refractivity contribution is 5.94. The van der Waals surface area contributed by atoms with Crippen LogP contribution in [0.15, 0.2) is 24.3 Å². The predicted octanol–water partition coefficient (Wildman–Crippen LogP) is 2.72. The van der Waals surface area contributed by atoms with Gasteiger partial charge in [0.05, 0.1) is 17.4 Å². The first kappa shape index (κ1) is 19.7. The normalized spacial score (nSPS) is 26.9. The Bertz CT molecular complexity index is 802. The standard InChI is InChI=1S/C22H28N4O3/c23-15-22(9-11-24-12-10-22)17-3-7-19(8-4-17)26-14-13-25(21(26)29)18-5-1-16(2-6-18)20(27)28/h3-4,7-8,16,18,24H,1-2,5-6,9-14H2,(H,27,28). The van der Waals surface area contributed by atoms with E-state index >= 15 is 0 Å². The molecule has 7 nitrogen and oxygen atoms in total. The Morgan fingerprint density at radius 3 is 2.34 bits per heavy atom. The smallest absolute Gasteiger partial charge is 0.324 e. The summed E-state index contributed by atoms with van der Waals surface area (Å²) in [6.45, 7) is 3.01. The SMILES string of the molecule is N#CC1(c2ccc(N3CCN(C4CCC(C(=O)O)CC4)C3=O)cc2)CCNCC1. The molecule has 0 atom stereocenters. The van der Waals surface area contributed by atoms with Crippen molar-refractivity contribution < 1.29 is 14.7 Å². The molecule has 0 radical (unpaired) electrons. The predicted molar refractivity (Wildman–Crippen MR) is 109 cm³/mol. The molecule has 1 aliphatic carbocycles. The molecule has 0 aromatic heterocycles. The molecule has 2 heterocycles. The van der Waals surface area contributed by atoms with Gasteiger partial charge in [-0.1, -0.05) is 12.1 Å². The third-order valence-electron chi connectivity index (χ3n) is 6.93. The molecule has 2 N–H and O–H groups in total. The maximum absolute atomic E-state index is 13.0. The zero-order valence-electron chi connectivity index (χ0n) is 16.6. The Morgan fingerprint density at radius 1 is 1.10 bits per heavy atom. The summed E-state index contributed by atoms with van der Waals surface area (Å²) in [5.41, 5.74) is 1.45. The topological polar surface area (TPSA) is 96.7 Å². The van der Waals surface area contributed by atoms with Crippen molar-refractivity contribution in [2.24, 2.45) is 5.92 Å². The number of carboxylic acid groups (broad SMARTS) is 1. The van der Waals surface area contributed by atoms with Crippen molar-refractivity contribution in [1.82, 2.24) is 10.2 Å². The molecule has 3 fully saturated rings. The molecule has 154 valence electrons. The van der Waals surface area contributed by atoms with Gasteiger partial charge in [0, 0.05) is 24.8 Å². The third kappa shape index (κ3) is 3.69. The number of piperidine rings is 1. The fourth-order valence-corrected chi connectivity index (χ4v) is 5.05. The number of nitrogens with one attached hydrogen (secondary N) is 1. The van der Waals surface area contributed by atoms with Gasteiger partial charge in [-0.15, -0.1) is 0 Å². The molecule has 7 heteroatoms. The van der Waals surface area contributed by atoms with Gasteiger partial charge >= 0.3 is 12.0 Å². The first-order chi connectivity index (χ1) is 14.0. The van der Waals surface area contributed by atoms with Crippen molar-refractivity contribution in [2.75, 3.05) is 31.1 Å². The van der Waals surface area contributed by atoms with Crippen molar-refractivity contribution in [3.63, 3.8) is 0 Å². The minimum absolute atomic E-state index is 0.00777. The lowest BCUT2D eigenvalue weighted by atomic mass is 9.74. The second kappa shape index (κ2) is 8.03. The van der Waals surface area contributed by atoms with Crippen LogP contribution < -0.4 is 10.2 Å². The van der Waals surface area contributed by atoms with Gasteiger partial charge in [-0.05, 0) is 69.3 Å². The number of amides is 2. The number of urea groups is 1. The largest absolute Gasteiger partial charge is 0.481 e. The molecule has 0 bridgehead atoms. The first-order valence-electron chi connectivity index (χ1n) is 10.6. The number of benzene rings is 1. The maximum atomic E-state index is 13.0. The van der Waals surface area contributed by atoms with Crippen LogP contribution in [0.4, 0.5) is 10.5 Å². The lowest BCUT2D eigenvalue weighted by Crippen LogP contribution is -2.42. The quantitative estimate of drug-likeness (QED) is 0.816. The second-order valence-corrected chi connectivity index (χ2v) is 8.46. The fraction of sp³-hybridized carbons (Fsp3) is 0.591. The van der Waals surface area contributed by atoms with Crippen molar-refractivity contribution in [2.45, 2.75) is 50.0 Å². The van der Waals surface area contributed by atoms with Crippen molar-refractivity contribution in [1.29, 1.82) is 5.26 Å². The minimum Gasteiger partial charge on any atom is -0.481 e. The molecule has 2 saturated heterocycles. The fourth-order valence-electron chi connectivity index (χ4n) is 5.05. The summed E-state index contributed by atoms with van der Waals surface area (Å²) in [6.07, 6.45) is 4.41. The molecule has 0 unspecified atom stereocenters. The zero-order chi connectivity index (χ0) is 20.4. The van der Waals surface area contributed by atoms with E-state index in [0.29, 0.717) is 25.9 Å². The first-order valence-corrected chi connectivity index (χ1v) is 10.6. The number of rotatable bonds is 4. The number of hydrogen-bond acceptors (Lipinski definition) is 4. The number of anilines is 1. The Kier molecular flexibility index (Phi) is 5.46. The van der Waals surface area contributed by atoms with Crippen LogP contribution in [-0.4, -0.2) is 54.2 Å². The monoisotopic (exact) mass is 396 g/mol. The average Bonchev–Trinajstić information content (AvgIpc) is 3.15. The summed E-state index contributed by atoms with van der Waals surface area (Å²) in [5.74, 6) is -0.989. The van der Waals surface area contributed by atoms with Gasteiger partial charge < -0.3 is 15.3 Å². The van der Waals surface area contributed by atoms with Gasteiger partial charge in [-0.2, -0.15) is 5.26 Å². The van der Waals surface area contributed by atoms with Gasteiger partial charge in [-0.25, -0.2) is 4.79 Å². The van der Waals surface area contributed by atoms with Crippen LogP contribution in [-0.2, 0) is 10.2 Å². The average molecular weight is 396 g/mol. The molecular formula is C22H28N4O3. The van der Waals surface area contributed by atoms with Gasteiger partial charge in [0.15, 0.2) is 0 Å². The van der Waals surface area contributed by atoms with Gasteiger partial charge in [0.25, 0.3) is 0 Å². The van der Waals surface area contributed by atoms with Gasteiger partial charge in [0.2, 0.25) is 0 Å². The molecule has 2 aliphatic heterocycles. The number of aliphatic carboxylic acids is 1. The number of carbonyl (C=O) groups excluding carboxylic acids is 1. The van der Waals surface area contributed by atoms with E-state index in [1.807, 2.05) is 29.2 Å². The second-order valence-electron chi connectivity index (χ2n) is 8.46. The molecule has 1 aromatic rings. The number of nitriles is 1. The van der Waals surface area contributed by atoms with Gasteiger partial charge in [0.1, 0.15) is 0 Å². The number of hydrogen-bond donors (Lipinski definition) is 2. The minimum atomic E-state index is -0.721. The molecule has 2 amide bonds. The summed E-state index contributed by atoms with van der Waals surface area (Å²) in [7, 11) is 0. The van der Waals surface area contributed by atoms with Gasteiger partial charge in [-0.3, -0.25) is 9.69 Å². The van der Waals surface area contributed by atoms with Crippen LogP contribution in [0.3, 0.4) is 0 Å². The Balaban J connectivity index is 1.43. The van der Waals surface area contributed by atoms with E-state index in [4.69, 9.17) is 0 Å². The lowest BCUT2D eigenvalue weighted by molar-refractivity contribution is -0.143. The van der Waals surface area contributed by atoms with E-state index in [9.17, 15) is 20.0 Å². The highest BCUT2D eigenvalue weighted by Gasteiger charge is 2.38. The van der Waals surface area contributed by atoms with E-state index < -0.39 is 11.4 Å². The van der Waals surface area contributed by atoms with Crippen LogP contribution in [0.2, 0.25) is 0 Å². The van der Waals surface area contributed by atoms with Crippen molar-refractivity contribution >= 4 is 17.7 Å². The van der Waals surface area contributed by atoms with Crippen LogP contribution in [0.1, 0.15) is 44.1 Å². The Morgan fingerprint density at radius 2 is 1.76 bits per heavy atom. The van der Waals surface area contributed by atoms with Crippen LogP contribution >= 0.6 is 0 Å². The highest BCUT2D eigenvalue weighted by atomic mass is 16.4. The third-order valence-corrected chi connectivity index (χ3v) is 6.93. The number of carboxylic acids is 1. The van der Waals surface area contributed by atoms with Crippen LogP contribution in [0.25, 0.3) is 0 Å². The molecule has 4 rings (SSSR count). The summed E-state index contributed by atoms with van der Waals surface area (Å²) < 4.78 is 0. The summed E-state index contributed by atoms with van der Waals surface area (Å²) in [6, 6.07) is 10.6. The summed E-state index contributed by atoms with van der Waals surface area (Å²) in [4.78, 5) is 27.9. The molecule has 1 aromatic carbocycles. The maximum Gasteiger partial charge on any atom is 0.324 e. The van der Waals surface area contributed by atoms with E-state index in [1.54, 1.807) is 4.90 Å². The summed E-state index contributed by atoms with van der Waals surface area (Å²) in [5, 5.41) is 22.2. The molecule has 1 saturated carbocycles. The number of nitrogens with zero attached hydrogens (tertiary/aromatic N) is 3. The Hall–Kier alpha value is -2.59. The molecule has 3 aliphatic rings. The molecule has 0 spiro atoms.